The molecule has 2 unspecified atom stereocenters. The number of benzene rings is 1. The fourth-order valence-corrected chi connectivity index (χ4v) is 2.24. The second kappa shape index (κ2) is 8.75. The molecule has 112 valence electrons. The van der Waals surface area contributed by atoms with Crippen molar-refractivity contribution in [3.8, 4) is 0 Å². The van der Waals surface area contributed by atoms with Crippen LogP contribution in [0, 0.1) is 5.92 Å². The second-order valence-corrected chi connectivity index (χ2v) is 5.68. The molecule has 0 aliphatic heterocycles. The Hall–Kier alpha value is -1.35. The van der Waals surface area contributed by atoms with Gasteiger partial charge in [0.1, 0.15) is 0 Å². The summed E-state index contributed by atoms with van der Waals surface area (Å²) in [7, 11) is 0. The zero-order valence-electron chi connectivity index (χ0n) is 13.1. The Morgan fingerprint density at radius 1 is 1.15 bits per heavy atom. The number of hydrogen-bond acceptors (Lipinski definition) is 2. The minimum absolute atomic E-state index is 0.0856. The van der Waals surface area contributed by atoms with E-state index in [4.69, 9.17) is 0 Å². The largest absolute Gasteiger partial charge is 0.355 e. The van der Waals surface area contributed by atoms with Crippen LogP contribution in [0.3, 0.4) is 0 Å². The Labute approximate surface area is 123 Å². The molecule has 0 spiro atoms. The fourth-order valence-electron chi connectivity index (χ4n) is 2.24. The van der Waals surface area contributed by atoms with E-state index in [2.05, 4.69) is 55.7 Å². The van der Waals surface area contributed by atoms with Gasteiger partial charge in [-0.15, -0.1) is 0 Å². The molecule has 0 saturated heterocycles. The van der Waals surface area contributed by atoms with Gasteiger partial charge in [0.15, 0.2) is 0 Å². The van der Waals surface area contributed by atoms with E-state index in [1.807, 2.05) is 13.0 Å². The molecule has 0 aliphatic rings. The van der Waals surface area contributed by atoms with Crippen LogP contribution in [0.4, 0.5) is 0 Å². The standard InChI is InChI=1S/C17H28N2O/c1-5-11-18-17(20)14(4)19-12-16(13(2)3)15-9-7-6-8-10-15/h6-10,13-14,16,19H,5,11-12H2,1-4H3,(H,18,20). The van der Waals surface area contributed by atoms with Crippen molar-refractivity contribution in [2.45, 2.75) is 46.1 Å². The molecule has 3 nitrogen and oxygen atoms in total. The Morgan fingerprint density at radius 3 is 2.35 bits per heavy atom. The number of carbonyl (C=O) groups excluding carboxylic acids is 1. The Balaban J connectivity index is 2.54. The predicted octanol–water partition coefficient (Wildman–Crippen LogP) is 2.93. The van der Waals surface area contributed by atoms with Gasteiger partial charge in [0, 0.05) is 13.1 Å². The fraction of sp³-hybridized carbons (Fsp3) is 0.588. The Morgan fingerprint density at radius 2 is 1.80 bits per heavy atom. The smallest absolute Gasteiger partial charge is 0.236 e. The van der Waals surface area contributed by atoms with Crippen LogP contribution in [-0.4, -0.2) is 25.0 Å². The van der Waals surface area contributed by atoms with Gasteiger partial charge in [0.2, 0.25) is 5.91 Å². The maximum absolute atomic E-state index is 11.8. The topological polar surface area (TPSA) is 41.1 Å². The number of carbonyl (C=O) groups is 1. The van der Waals surface area contributed by atoms with E-state index in [1.165, 1.54) is 5.56 Å². The Kier molecular flexibility index (Phi) is 7.31. The quantitative estimate of drug-likeness (QED) is 0.766. The third kappa shape index (κ3) is 5.33. The molecule has 0 saturated carbocycles. The molecule has 2 atom stereocenters. The van der Waals surface area contributed by atoms with E-state index in [0.717, 1.165) is 19.5 Å². The average Bonchev–Trinajstić information content (AvgIpc) is 2.45. The SMILES string of the molecule is CCCNC(=O)C(C)NCC(c1ccccc1)C(C)C. The van der Waals surface area contributed by atoms with Gasteiger partial charge in [-0.25, -0.2) is 0 Å². The van der Waals surface area contributed by atoms with Crippen molar-refractivity contribution < 1.29 is 4.79 Å². The maximum Gasteiger partial charge on any atom is 0.236 e. The normalized spacial score (nSPS) is 14.1. The molecule has 1 rings (SSSR count). The van der Waals surface area contributed by atoms with Crippen LogP contribution in [0.2, 0.25) is 0 Å². The summed E-state index contributed by atoms with van der Waals surface area (Å²) in [5.41, 5.74) is 1.33. The van der Waals surface area contributed by atoms with Gasteiger partial charge in [-0.3, -0.25) is 4.79 Å². The highest BCUT2D eigenvalue weighted by atomic mass is 16.2. The number of hydrogen-bond donors (Lipinski definition) is 2. The molecule has 2 N–H and O–H groups in total. The van der Waals surface area contributed by atoms with Crippen molar-refractivity contribution in [2.75, 3.05) is 13.1 Å². The molecule has 0 heterocycles. The van der Waals surface area contributed by atoms with Crippen molar-refractivity contribution in [2.24, 2.45) is 5.92 Å². The summed E-state index contributed by atoms with van der Waals surface area (Å²) in [6.45, 7) is 10.00. The second-order valence-electron chi connectivity index (χ2n) is 5.68. The van der Waals surface area contributed by atoms with Gasteiger partial charge < -0.3 is 10.6 Å². The maximum atomic E-state index is 11.8. The molecule has 1 aromatic rings. The van der Waals surface area contributed by atoms with Crippen LogP contribution in [0.1, 0.15) is 45.6 Å². The van der Waals surface area contributed by atoms with E-state index >= 15 is 0 Å². The highest BCUT2D eigenvalue weighted by Crippen LogP contribution is 2.23. The first-order valence-electron chi connectivity index (χ1n) is 7.62. The van der Waals surface area contributed by atoms with Crippen LogP contribution in [0.25, 0.3) is 0 Å². The summed E-state index contributed by atoms with van der Waals surface area (Å²) < 4.78 is 0. The zero-order chi connectivity index (χ0) is 15.0. The molecule has 0 bridgehead atoms. The highest BCUT2D eigenvalue weighted by molar-refractivity contribution is 5.81. The van der Waals surface area contributed by atoms with Crippen molar-refractivity contribution in [3.63, 3.8) is 0 Å². The third-order valence-corrected chi connectivity index (χ3v) is 3.62. The molecular formula is C17H28N2O. The van der Waals surface area contributed by atoms with E-state index in [9.17, 15) is 4.79 Å². The highest BCUT2D eigenvalue weighted by Gasteiger charge is 2.18. The first-order valence-corrected chi connectivity index (χ1v) is 7.62. The van der Waals surface area contributed by atoms with Crippen LogP contribution in [0.5, 0.6) is 0 Å². The molecule has 1 aromatic carbocycles. The summed E-state index contributed by atoms with van der Waals surface area (Å²) >= 11 is 0. The zero-order valence-corrected chi connectivity index (χ0v) is 13.1. The summed E-state index contributed by atoms with van der Waals surface area (Å²) in [5, 5.41) is 6.28. The number of nitrogens with one attached hydrogen (secondary N) is 2. The van der Waals surface area contributed by atoms with Crippen molar-refractivity contribution >= 4 is 5.91 Å². The lowest BCUT2D eigenvalue weighted by Crippen LogP contribution is -2.44. The van der Waals surface area contributed by atoms with Crippen LogP contribution >= 0.6 is 0 Å². The first-order chi connectivity index (χ1) is 9.56. The monoisotopic (exact) mass is 276 g/mol. The minimum atomic E-state index is -0.147. The lowest BCUT2D eigenvalue weighted by molar-refractivity contribution is -0.122. The molecule has 0 aliphatic carbocycles. The molecule has 0 fully saturated rings. The van der Waals surface area contributed by atoms with E-state index in [1.54, 1.807) is 0 Å². The third-order valence-electron chi connectivity index (χ3n) is 3.62. The Bertz CT molecular complexity index is 389. The van der Waals surface area contributed by atoms with Crippen molar-refractivity contribution in [1.29, 1.82) is 0 Å². The van der Waals surface area contributed by atoms with E-state index in [0.29, 0.717) is 11.8 Å². The first kappa shape index (κ1) is 16.7. The summed E-state index contributed by atoms with van der Waals surface area (Å²) in [5.74, 6) is 1.05. The number of amides is 1. The van der Waals surface area contributed by atoms with Gasteiger partial charge >= 0.3 is 0 Å². The van der Waals surface area contributed by atoms with Gasteiger partial charge in [0.25, 0.3) is 0 Å². The minimum Gasteiger partial charge on any atom is -0.355 e. The summed E-state index contributed by atoms with van der Waals surface area (Å²) in [6.07, 6.45) is 0.969. The lowest BCUT2D eigenvalue weighted by atomic mass is 9.88. The van der Waals surface area contributed by atoms with Gasteiger partial charge in [-0.05, 0) is 30.7 Å². The molecule has 0 radical (unpaired) electrons. The average molecular weight is 276 g/mol. The van der Waals surface area contributed by atoms with Gasteiger partial charge in [0.05, 0.1) is 6.04 Å². The predicted molar refractivity (Wildman–Crippen MR) is 84.8 cm³/mol. The van der Waals surface area contributed by atoms with Gasteiger partial charge in [-0.2, -0.15) is 0 Å². The van der Waals surface area contributed by atoms with E-state index < -0.39 is 0 Å². The lowest BCUT2D eigenvalue weighted by Gasteiger charge is -2.24. The summed E-state index contributed by atoms with van der Waals surface area (Å²) in [4.78, 5) is 11.8. The van der Waals surface area contributed by atoms with E-state index in [-0.39, 0.29) is 11.9 Å². The molecule has 3 heteroatoms. The summed E-state index contributed by atoms with van der Waals surface area (Å²) in [6, 6.07) is 10.4. The van der Waals surface area contributed by atoms with Crippen LogP contribution < -0.4 is 10.6 Å². The molecule has 0 aromatic heterocycles. The molecular weight excluding hydrogens is 248 g/mol. The van der Waals surface area contributed by atoms with Gasteiger partial charge in [-0.1, -0.05) is 51.1 Å². The van der Waals surface area contributed by atoms with Crippen molar-refractivity contribution in [1.82, 2.24) is 10.6 Å². The molecule has 1 amide bonds. The van der Waals surface area contributed by atoms with Crippen LogP contribution in [0.15, 0.2) is 30.3 Å². The molecule has 20 heavy (non-hydrogen) atoms. The van der Waals surface area contributed by atoms with Crippen molar-refractivity contribution in [3.05, 3.63) is 35.9 Å². The number of rotatable bonds is 8. The van der Waals surface area contributed by atoms with Crippen LogP contribution in [-0.2, 0) is 4.79 Å².